The minimum absolute atomic E-state index is 0. The van der Waals surface area contributed by atoms with Crippen LogP contribution in [0.25, 0.3) is 0 Å². The van der Waals surface area contributed by atoms with Gasteiger partial charge >= 0.3 is 16.5 Å². The van der Waals surface area contributed by atoms with Crippen LogP contribution in [0.4, 0.5) is 11.4 Å². The second-order valence-corrected chi connectivity index (χ2v) is 20.4. The summed E-state index contributed by atoms with van der Waals surface area (Å²) < 4.78 is 0. The van der Waals surface area contributed by atoms with Crippen molar-refractivity contribution in [3.8, 4) is 34.8 Å². The quantitative estimate of drug-likeness (QED) is 0.0117. The average molecular weight is 1120 g/mol. The second-order valence-electron chi connectivity index (χ2n) is 20.4. The summed E-state index contributed by atoms with van der Waals surface area (Å²) in [6.07, 6.45) is 38.3. The Morgan fingerprint density at radius 3 is 1.14 bits per heavy atom. The molecule has 4 aromatic carbocycles. The summed E-state index contributed by atoms with van der Waals surface area (Å²) in [7, 11) is 0. The SMILES string of the molecule is CCCCCCCCCCCCCC#CC(C=Nc1cc(CCCCC)cc(CCCCC)c1)=Nc1cc(CCCCC)cc(CCCCC)c1.CCc1ccc(O)c(O)c1C(=O)[O-].CCc1ccc(O)c(O)c1C(=O)[O-].[Ni+2]. The Bertz CT molecular complexity index is 2330. The maximum Gasteiger partial charge on any atom is 2.00 e. The Hall–Kier alpha value is -5.59. The van der Waals surface area contributed by atoms with Crippen LogP contribution < -0.4 is 10.2 Å². The molecule has 0 saturated heterocycles. The van der Waals surface area contributed by atoms with Gasteiger partial charge in [-0.15, -0.1) is 0 Å². The molecule has 0 aliphatic heterocycles. The molecule has 0 radical (unpaired) electrons. The summed E-state index contributed by atoms with van der Waals surface area (Å²) >= 11 is 0. The molecule has 0 unspecified atom stereocenters. The molecule has 0 amide bonds. The first-order valence-corrected chi connectivity index (χ1v) is 29.6. The number of aryl methyl sites for hydroxylation is 6. The van der Waals surface area contributed by atoms with E-state index >= 15 is 0 Å². The van der Waals surface area contributed by atoms with Gasteiger partial charge in [0.2, 0.25) is 0 Å². The number of benzene rings is 4. The molecular formula is C67H96N2NiO8. The zero-order valence-electron chi connectivity index (χ0n) is 48.7. The number of carboxylic acid groups (broad SMARTS) is 2. The molecule has 0 fully saturated rings. The van der Waals surface area contributed by atoms with Crippen LogP contribution in [0, 0.1) is 11.8 Å². The first-order valence-electron chi connectivity index (χ1n) is 29.6. The summed E-state index contributed by atoms with van der Waals surface area (Å²) in [5.74, 6) is 1.88. The van der Waals surface area contributed by atoms with Gasteiger partial charge in [0.1, 0.15) is 5.71 Å². The van der Waals surface area contributed by atoms with Gasteiger partial charge in [-0.2, -0.15) is 0 Å². The Morgan fingerprint density at radius 2 is 0.795 bits per heavy atom. The molecule has 0 spiro atoms. The van der Waals surface area contributed by atoms with Crippen LogP contribution in [0.3, 0.4) is 0 Å². The average Bonchev–Trinajstić information content (AvgIpc) is 3.42. The summed E-state index contributed by atoms with van der Waals surface area (Å²) in [5, 5.41) is 57.6. The van der Waals surface area contributed by atoms with Crippen molar-refractivity contribution in [2.45, 2.75) is 241 Å². The molecule has 4 N–H and O–H groups in total. The van der Waals surface area contributed by atoms with E-state index in [-0.39, 0.29) is 27.6 Å². The molecule has 4 aromatic rings. The molecule has 432 valence electrons. The standard InChI is InChI=1S/C49H78N2.2C9H10O4.Ni/c1-6-11-16-17-18-19-20-21-22-23-24-25-30-35-47(51-49-40-45(33-28-14-9-4)37-46(41-49)34-29-15-10-5)42-50-48-38-43(31-26-12-7-2)36-44(39-48)32-27-13-8-3;2*1-2-5-3-4-6(10)8(11)7(5)9(12)13;/h36-42H,6-29,31-34H2,1-5H3;2*3-4,10-11H,2H2,1H3,(H,12,13);/q;;;+2/p-2. The van der Waals surface area contributed by atoms with Gasteiger partial charge in [0.25, 0.3) is 0 Å². The van der Waals surface area contributed by atoms with E-state index < -0.39 is 34.9 Å². The van der Waals surface area contributed by atoms with Crippen molar-refractivity contribution >= 4 is 35.2 Å². The second kappa shape index (κ2) is 43.3. The van der Waals surface area contributed by atoms with E-state index in [0.717, 1.165) is 49.2 Å². The van der Waals surface area contributed by atoms with E-state index in [1.165, 1.54) is 194 Å². The zero-order chi connectivity index (χ0) is 56.6. The summed E-state index contributed by atoms with van der Waals surface area (Å²) in [4.78, 5) is 31.4. The number of hydrogen-bond acceptors (Lipinski definition) is 10. The third kappa shape index (κ3) is 28.9. The number of carboxylic acids is 2. The molecular weight excluding hydrogens is 1020 g/mol. The summed E-state index contributed by atoms with van der Waals surface area (Å²) in [5.41, 5.74) is 8.75. The molecule has 0 aromatic heterocycles. The smallest absolute Gasteiger partial charge is 0.545 e. The van der Waals surface area contributed by atoms with Crippen molar-refractivity contribution in [2.24, 2.45) is 9.98 Å². The predicted molar refractivity (Wildman–Crippen MR) is 317 cm³/mol. The first-order chi connectivity index (χ1) is 37.3. The number of carbonyl (C=O) groups is 2. The maximum atomic E-state index is 10.6. The van der Waals surface area contributed by atoms with Crippen LogP contribution in [-0.2, 0) is 55.0 Å². The van der Waals surface area contributed by atoms with E-state index in [1.54, 1.807) is 13.8 Å². The molecule has 0 bridgehead atoms. The molecule has 10 nitrogen and oxygen atoms in total. The predicted octanol–water partition coefficient (Wildman–Crippen LogP) is 15.8. The van der Waals surface area contributed by atoms with Crippen molar-refractivity contribution in [1.29, 1.82) is 0 Å². The van der Waals surface area contributed by atoms with E-state index in [9.17, 15) is 30.0 Å². The molecule has 11 heteroatoms. The minimum Gasteiger partial charge on any atom is -0.545 e. The number of carbonyl (C=O) groups excluding carboxylic acids is 2. The Balaban J connectivity index is 0.000000907. The number of rotatable bonds is 34. The Labute approximate surface area is 480 Å². The first kappa shape index (κ1) is 70.4. The van der Waals surface area contributed by atoms with Gasteiger partial charge in [0, 0.05) is 17.5 Å². The van der Waals surface area contributed by atoms with Crippen LogP contribution in [0.1, 0.15) is 257 Å². The number of hydrogen-bond donors (Lipinski definition) is 4. The Kier molecular flexibility index (Phi) is 39.1. The van der Waals surface area contributed by atoms with Gasteiger partial charge in [-0.25, -0.2) is 4.99 Å². The molecule has 0 saturated carbocycles. The van der Waals surface area contributed by atoms with Crippen molar-refractivity contribution in [2.75, 3.05) is 0 Å². The monoisotopic (exact) mass is 1110 g/mol. The van der Waals surface area contributed by atoms with Crippen molar-refractivity contribution in [1.82, 2.24) is 0 Å². The van der Waals surface area contributed by atoms with Gasteiger partial charge in [-0.3, -0.25) is 4.99 Å². The van der Waals surface area contributed by atoms with E-state index in [4.69, 9.17) is 20.2 Å². The van der Waals surface area contributed by atoms with Gasteiger partial charge in [0.05, 0.1) is 29.5 Å². The van der Waals surface area contributed by atoms with Gasteiger partial charge in [-0.1, -0.05) is 194 Å². The van der Waals surface area contributed by atoms with Crippen LogP contribution in [-0.4, -0.2) is 44.3 Å². The van der Waals surface area contributed by atoms with Gasteiger partial charge in [-0.05, 0) is 146 Å². The normalized spacial score (nSPS) is 11.0. The number of unbranched alkanes of at least 4 members (excludes halogenated alkanes) is 19. The van der Waals surface area contributed by atoms with Crippen molar-refractivity contribution in [3.63, 3.8) is 0 Å². The van der Waals surface area contributed by atoms with Crippen LogP contribution >= 0.6 is 0 Å². The Morgan fingerprint density at radius 1 is 0.462 bits per heavy atom. The van der Waals surface area contributed by atoms with E-state index in [0.29, 0.717) is 24.0 Å². The largest absolute Gasteiger partial charge is 2.00 e. The fourth-order valence-corrected chi connectivity index (χ4v) is 9.20. The summed E-state index contributed by atoms with van der Waals surface area (Å²) in [6, 6.07) is 19.5. The minimum atomic E-state index is -1.48. The number of phenolic OH excluding ortho intramolecular Hbond substituents is 2. The van der Waals surface area contributed by atoms with E-state index in [2.05, 4.69) is 82.9 Å². The molecule has 0 aliphatic carbocycles. The third-order valence-corrected chi connectivity index (χ3v) is 13.7. The molecule has 0 aliphatic rings. The number of phenols is 4. The van der Waals surface area contributed by atoms with Crippen LogP contribution in [0.5, 0.6) is 23.0 Å². The fourth-order valence-electron chi connectivity index (χ4n) is 9.20. The number of aromatic carboxylic acids is 2. The van der Waals surface area contributed by atoms with Gasteiger partial charge < -0.3 is 40.2 Å². The van der Waals surface area contributed by atoms with Gasteiger partial charge in [0.15, 0.2) is 23.0 Å². The molecule has 78 heavy (non-hydrogen) atoms. The third-order valence-electron chi connectivity index (χ3n) is 13.7. The number of aromatic hydroxyl groups is 4. The van der Waals surface area contributed by atoms with Crippen LogP contribution in [0.15, 0.2) is 70.6 Å². The molecule has 0 atom stereocenters. The maximum absolute atomic E-state index is 10.6. The fraction of sp³-hybridized carbons (Fsp3) is 0.552. The number of nitrogens with zero attached hydrogens (tertiary/aromatic N) is 2. The number of aliphatic imine (C=N–C) groups is 2. The topological polar surface area (TPSA) is 186 Å². The zero-order valence-corrected chi connectivity index (χ0v) is 49.7. The van der Waals surface area contributed by atoms with E-state index in [1.807, 2.05) is 6.21 Å². The summed E-state index contributed by atoms with van der Waals surface area (Å²) in [6.45, 7) is 14.9. The van der Waals surface area contributed by atoms with Crippen LogP contribution in [0.2, 0.25) is 0 Å². The molecule has 4 rings (SSSR count). The molecule has 0 heterocycles. The van der Waals surface area contributed by atoms with Crippen molar-refractivity contribution < 1.29 is 56.7 Å². The van der Waals surface area contributed by atoms with Crippen molar-refractivity contribution in [3.05, 3.63) is 105 Å².